The van der Waals surface area contributed by atoms with Gasteiger partial charge in [0.05, 0.1) is 5.69 Å². The van der Waals surface area contributed by atoms with Crippen LogP contribution in [0.5, 0.6) is 0 Å². The number of aromatic nitrogens is 2. The molecule has 0 bridgehead atoms. The largest absolute Gasteiger partial charge is 0.368 e. The highest BCUT2D eigenvalue weighted by Gasteiger charge is 2.06. The van der Waals surface area contributed by atoms with Gasteiger partial charge in [0.25, 0.3) is 0 Å². The molecule has 0 unspecified atom stereocenters. The van der Waals surface area contributed by atoms with Crippen molar-refractivity contribution in [3.8, 4) is 11.3 Å². The van der Waals surface area contributed by atoms with Gasteiger partial charge in [-0.05, 0) is 24.8 Å². The van der Waals surface area contributed by atoms with Gasteiger partial charge in [-0.25, -0.2) is 9.97 Å². The average Bonchev–Trinajstić information content (AvgIpc) is 2.28. The van der Waals surface area contributed by atoms with Crippen molar-refractivity contribution in [2.75, 3.05) is 12.0 Å². The number of nitrogens with two attached hydrogens (primary N) is 1. The Labute approximate surface area is 99.1 Å². The van der Waals surface area contributed by atoms with Crippen molar-refractivity contribution >= 4 is 17.7 Å². The molecule has 0 aliphatic rings. The second kappa shape index (κ2) is 4.53. The van der Waals surface area contributed by atoms with E-state index in [9.17, 15) is 0 Å². The molecule has 1 heterocycles. The van der Waals surface area contributed by atoms with Gasteiger partial charge >= 0.3 is 0 Å². The molecule has 0 saturated carbocycles. The molecule has 1 aromatic carbocycles. The molecule has 0 radical (unpaired) electrons. The van der Waals surface area contributed by atoms with Crippen molar-refractivity contribution in [3.05, 3.63) is 35.9 Å². The zero-order chi connectivity index (χ0) is 11.5. The van der Waals surface area contributed by atoms with E-state index in [1.165, 1.54) is 5.56 Å². The lowest BCUT2D eigenvalue weighted by atomic mass is 10.1. The van der Waals surface area contributed by atoms with Crippen LogP contribution < -0.4 is 5.73 Å². The summed E-state index contributed by atoms with van der Waals surface area (Å²) in [6.07, 6.45) is 1.98. The van der Waals surface area contributed by atoms with Crippen LogP contribution in [-0.2, 0) is 0 Å². The number of anilines is 1. The molecular weight excluding hydrogens is 218 g/mol. The van der Waals surface area contributed by atoms with Gasteiger partial charge in [-0.2, -0.15) is 0 Å². The molecule has 2 N–H and O–H groups in total. The second-order valence-electron chi connectivity index (χ2n) is 3.47. The number of aryl methyl sites for hydroxylation is 1. The van der Waals surface area contributed by atoms with Crippen LogP contribution in [0.25, 0.3) is 11.3 Å². The van der Waals surface area contributed by atoms with Crippen LogP contribution in [0.15, 0.2) is 35.4 Å². The summed E-state index contributed by atoms with van der Waals surface area (Å²) in [5, 5.41) is 0.894. The molecule has 0 fully saturated rings. The van der Waals surface area contributed by atoms with Crippen LogP contribution >= 0.6 is 11.8 Å². The summed E-state index contributed by atoms with van der Waals surface area (Å²) in [6.45, 7) is 2.06. The lowest BCUT2D eigenvalue weighted by Gasteiger charge is -2.06. The Bertz CT molecular complexity index is 511. The van der Waals surface area contributed by atoms with E-state index >= 15 is 0 Å². The Balaban J connectivity index is 2.56. The number of nitrogen functional groups attached to an aromatic ring is 1. The molecule has 2 aromatic rings. The summed E-state index contributed by atoms with van der Waals surface area (Å²) in [5.41, 5.74) is 8.86. The van der Waals surface area contributed by atoms with Crippen molar-refractivity contribution in [2.45, 2.75) is 11.9 Å². The number of hydrogen-bond donors (Lipinski definition) is 1. The number of hydrogen-bond acceptors (Lipinski definition) is 4. The van der Waals surface area contributed by atoms with Gasteiger partial charge in [0, 0.05) is 5.56 Å². The quantitative estimate of drug-likeness (QED) is 0.638. The van der Waals surface area contributed by atoms with E-state index in [-0.39, 0.29) is 0 Å². The van der Waals surface area contributed by atoms with Crippen LogP contribution in [-0.4, -0.2) is 16.2 Å². The lowest BCUT2D eigenvalue weighted by Crippen LogP contribution is -1.98. The lowest BCUT2D eigenvalue weighted by molar-refractivity contribution is 1.07. The Morgan fingerprint density at radius 2 is 1.94 bits per heavy atom. The predicted octanol–water partition coefficient (Wildman–Crippen LogP) is 2.76. The maximum absolute atomic E-state index is 5.69. The highest BCUT2D eigenvalue weighted by Crippen LogP contribution is 2.24. The second-order valence-corrected chi connectivity index (χ2v) is 4.30. The summed E-state index contributed by atoms with van der Waals surface area (Å²) >= 11 is 1.57. The molecule has 82 valence electrons. The molecular formula is C12H13N3S. The first-order valence-electron chi connectivity index (χ1n) is 4.95. The average molecular weight is 231 g/mol. The van der Waals surface area contributed by atoms with Crippen LogP contribution in [0.3, 0.4) is 0 Å². The first-order chi connectivity index (χ1) is 7.70. The first kappa shape index (κ1) is 11.0. The Morgan fingerprint density at radius 1 is 1.19 bits per heavy atom. The molecule has 1 aromatic heterocycles. The molecule has 0 spiro atoms. The molecule has 3 nitrogen and oxygen atoms in total. The maximum atomic E-state index is 5.69. The fraction of sp³-hybridized carbons (Fsp3) is 0.167. The van der Waals surface area contributed by atoms with Crippen LogP contribution in [0, 0.1) is 6.92 Å². The Morgan fingerprint density at radius 3 is 2.62 bits per heavy atom. The third-order valence-electron chi connectivity index (χ3n) is 2.35. The number of thioether (sulfide) groups is 1. The van der Waals surface area contributed by atoms with E-state index in [1.54, 1.807) is 11.8 Å². The first-order valence-corrected chi connectivity index (χ1v) is 6.17. The Hall–Kier alpha value is -1.55. The summed E-state index contributed by atoms with van der Waals surface area (Å²) in [4.78, 5) is 8.40. The number of nitrogens with zero attached hydrogens (tertiary/aromatic N) is 2. The Kier molecular flexibility index (Phi) is 3.10. The fourth-order valence-corrected chi connectivity index (χ4v) is 1.96. The SMILES string of the molecule is CSc1cc(-c2ccccc2C)nc(N)n1. The summed E-state index contributed by atoms with van der Waals surface area (Å²) in [7, 11) is 0. The molecule has 0 saturated heterocycles. The highest BCUT2D eigenvalue weighted by atomic mass is 32.2. The summed E-state index contributed by atoms with van der Waals surface area (Å²) in [6, 6.07) is 10.1. The third-order valence-corrected chi connectivity index (χ3v) is 2.98. The van der Waals surface area contributed by atoms with Gasteiger partial charge in [0.2, 0.25) is 5.95 Å². The standard InChI is InChI=1S/C12H13N3S/c1-8-5-3-4-6-9(8)10-7-11(16-2)15-12(13)14-10/h3-7H,1-2H3,(H2,13,14,15). The van der Waals surface area contributed by atoms with E-state index < -0.39 is 0 Å². The van der Waals surface area contributed by atoms with Crippen molar-refractivity contribution in [1.29, 1.82) is 0 Å². The van der Waals surface area contributed by atoms with Crippen LogP contribution in [0.4, 0.5) is 5.95 Å². The van der Waals surface area contributed by atoms with Crippen molar-refractivity contribution in [3.63, 3.8) is 0 Å². The minimum atomic E-state index is 0.324. The maximum Gasteiger partial charge on any atom is 0.221 e. The highest BCUT2D eigenvalue weighted by molar-refractivity contribution is 7.98. The molecule has 16 heavy (non-hydrogen) atoms. The van der Waals surface area contributed by atoms with Gasteiger partial charge < -0.3 is 5.73 Å². The van der Waals surface area contributed by atoms with E-state index in [0.29, 0.717) is 5.95 Å². The molecule has 4 heteroatoms. The monoisotopic (exact) mass is 231 g/mol. The van der Waals surface area contributed by atoms with Crippen LogP contribution in [0.1, 0.15) is 5.56 Å². The van der Waals surface area contributed by atoms with E-state index in [0.717, 1.165) is 16.3 Å². The van der Waals surface area contributed by atoms with E-state index in [4.69, 9.17) is 5.73 Å². The van der Waals surface area contributed by atoms with E-state index in [2.05, 4.69) is 23.0 Å². The smallest absolute Gasteiger partial charge is 0.221 e. The molecule has 2 rings (SSSR count). The molecule has 0 aliphatic carbocycles. The van der Waals surface area contributed by atoms with Crippen molar-refractivity contribution in [1.82, 2.24) is 9.97 Å². The topological polar surface area (TPSA) is 51.8 Å². The zero-order valence-corrected chi connectivity index (χ0v) is 10.1. The zero-order valence-electron chi connectivity index (χ0n) is 9.27. The fourth-order valence-electron chi connectivity index (χ4n) is 1.55. The summed E-state index contributed by atoms with van der Waals surface area (Å²) < 4.78 is 0. The predicted molar refractivity (Wildman–Crippen MR) is 68.4 cm³/mol. The minimum absolute atomic E-state index is 0.324. The van der Waals surface area contributed by atoms with Gasteiger partial charge in [0.15, 0.2) is 0 Å². The van der Waals surface area contributed by atoms with Gasteiger partial charge in [-0.1, -0.05) is 24.3 Å². The molecule has 0 atom stereocenters. The molecule has 0 aliphatic heterocycles. The number of benzene rings is 1. The van der Waals surface area contributed by atoms with Gasteiger partial charge in [-0.15, -0.1) is 11.8 Å². The van der Waals surface area contributed by atoms with Crippen molar-refractivity contribution < 1.29 is 0 Å². The van der Waals surface area contributed by atoms with E-state index in [1.807, 2.05) is 30.5 Å². The van der Waals surface area contributed by atoms with Crippen molar-refractivity contribution in [2.24, 2.45) is 0 Å². The third kappa shape index (κ3) is 2.17. The van der Waals surface area contributed by atoms with Gasteiger partial charge in [-0.3, -0.25) is 0 Å². The summed E-state index contributed by atoms with van der Waals surface area (Å²) in [5.74, 6) is 0.324. The molecule has 0 amide bonds. The normalized spacial score (nSPS) is 10.4. The number of rotatable bonds is 2. The minimum Gasteiger partial charge on any atom is -0.368 e. The van der Waals surface area contributed by atoms with Gasteiger partial charge in [0.1, 0.15) is 5.03 Å². The van der Waals surface area contributed by atoms with Crippen LogP contribution in [0.2, 0.25) is 0 Å².